The number of methoxy groups -OCH3 is 1. The predicted octanol–water partition coefficient (Wildman–Crippen LogP) is 4.81. The van der Waals surface area contributed by atoms with Crippen molar-refractivity contribution in [3.63, 3.8) is 0 Å². The highest BCUT2D eigenvalue weighted by atomic mass is 35.5. The summed E-state index contributed by atoms with van der Waals surface area (Å²) < 4.78 is 45.0. The summed E-state index contributed by atoms with van der Waals surface area (Å²) in [7, 11) is 1.34. The molecule has 0 saturated carbocycles. The third kappa shape index (κ3) is 4.22. The number of amides is 1. The lowest BCUT2D eigenvalue weighted by Crippen LogP contribution is -2.14. The first-order valence-electron chi connectivity index (χ1n) is 7.66. The Morgan fingerprint density at radius 3 is 2.59 bits per heavy atom. The summed E-state index contributed by atoms with van der Waals surface area (Å²) in [6.45, 7) is 0. The van der Waals surface area contributed by atoms with Gasteiger partial charge in [0.2, 0.25) is 0 Å². The minimum absolute atomic E-state index is 0.0742. The van der Waals surface area contributed by atoms with Crippen molar-refractivity contribution in [3.8, 4) is 11.4 Å². The van der Waals surface area contributed by atoms with Crippen LogP contribution in [0.25, 0.3) is 5.69 Å². The van der Waals surface area contributed by atoms with E-state index in [1.807, 2.05) is 0 Å². The van der Waals surface area contributed by atoms with Crippen LogP contribution in [0.4, 0.5) is 18.9 Å². The minimum Gasteiger partial charge on any atom is -0.493 e. The van der Waals surface area contributed by atoms with Crippen molar-refractivity contribution in [2.45, 2.75) is 6.18 Å². The SMILES string of the molecule is COc1cn(-c2cccc(C(F)(F)F)c2)nc1C(=O)Nc1cccc(Cl)c1. The molecule has 5 nitrogen and oxygen atoms in total. The summed E-state index contributed by atoms with van der Waals surface area (Å²) >= 11 is 5.88. The van der Waals surface area contributed by atoms with Crippen molar-refractivity contribution < 1.29 is 22.7 Å². The minimum atomic E-state index is -4.49. The number of halogens is 4. The van der Waals surface area contributed by atoms with Gasteiger partial charge in [0.25, 0.3) is 5.91 Å². The van der Waals surface area contributed by atoms with Gasteiger partial charge in [0.05, 0.1) is 24.6 Å². The lowest BCUT2D eigenvalue weighted by Gasteiger charge is -2.08. The third-order valence-electron chi connectivity index (χ3n) is 3.64. The first-order chi connectivity index (χ1) is 12.8. The standard InChI is InChI=1S/C18H13ClF3N3O2/c1-27-15-10-25(14-7-2-4-11(8-14)18(20,21)22)24-16(15)17(26)23-13-6-3-5-12(19)9-13/h2-10H,1H3,(H,23,26). The summed E-state index contributed by atoms with van der Waals surface area (Å²) in [6, 6.07) is 11.1. The lowest BCUT2D eigenvalue weighted by molar-refractivity contribution is -0.137. The first kappa shape index (κ1) is 18.8. The molecule has 0 radical (unpaired) electrons. The van der Waals surface area contributed by atoms with Gasteiger partial charge in [-0.1, -0.05) is 23.7 Å². The van der Waals surface area contributed by atoms with Gasteiger partial charge in [0.15, 0.2) is 11.4 Å². The maximum atomic E-state index is 12.9. The number of rotatable bonds is 4. The van der Waals surface area contributed by atoms with Crippen molar-refractivity contribution in [1.82, 2.24) is 9.78 Å². The Labute approximate surface area is 157 Å². The summed E-state index contributed by atoms with van der Waals surface area (Å²) in [5.41, 5.74) is -0.303. The molecule has 0 fully saturated rings. The van der Waals surface area contributed by atoms with Crippen LogP contribution in [0.2, 0.25) is 5.02 Å². The molecule has 9 heteroatoms. The van der Waals surface area contributed by atoms with Crippen LogP contribution in [0.3, 0.4) is 0 Å². The van der Waals surface area contributed by atoms with E-state index in [-0.39, 0.29) is 17.1 Å². The number of hydrogen-bond donors (Lipinski definition) is 1. The smallest absolute Gasteiger partial charge is 0.416 e. The van der Waals surface area contributed by atoms with Gasteiger partial charge in [-0.05, 0) is 36.4 Å². The molecule has 0 aliphatic rings. The van der Waals surface area contributed by atoms with Crippen molar-refractivity contribution in [1.29, 1.82) is 0 Å². The summed E-state index contributed by atoms with van der Waals surface area (Å²) in [6.07, 6.45) is -3.15. The second-order valence-corrected chi connectivity index (χ2v) is 5.94. The molecular weight excluding hydrogens is 383 g/mol. The maximum absolute atomic E-state index is 12.9. The Morgan fingerprint density at radius 2 is 1.93 bits per heavy atom. The quantitative estimate of drug-likeness (QED) is 0.690. The van der Waals surface area contributed by atoms with Gasteiger partial charge in [-0.3, -0.25) is 4.79 Å². The second-order valence-electron chi connectivity index (χ2n) is 5.50. The molecule has 0 bridgehead atoms. The Kier molecular flexibility index (Phi) is 5.09. The van der Waals surface area contributed by atoms with Gasteiger partial charge in [-0.15, -0.1) is 0 Å². The summed E-state index contributed by atoms with van der Waals surface area (Å²) in [5.74, 6) is -0.466. The van der Waals surface area contributed by atoms with E-state index in [0.717, 1.165) is 16.8 Å². The highest BCUT2D eigenvalue weighted by Crippen LogP contribution is 2.31. The van der Waals surface area contributed by atoms with Crippen molar-refractivity contribution in [2.75, 3.05) is 12.4 Å². The van der Waals surface area contributed by atoms with E-state index in [1.165, 1.54) is 25.4 Å². The van der Waals surface area contributed by atoms with E-state index < -0.39 is 17.6 Å². The summed E-state index contributed by atoms with van der Waals surface area (Å²) in [4.78, 5) is 12.5. The van der Waals surface area contributed by atoms with Crippen LogP contribution < -0.4 is 10.1 Å². The van der Waals surface area contributed by atoms with E-state index in [0.29, 0.717) is 10.7 Å². The molecule has 0 aliphatic heterocycles. The highest BCUT2D eigenvalue weighted by molar-refractivity contribution is 6.30. The monoisotopic (exact) mass is 395 g/mol. The molecule has 0 spiro atoms. The van der Waals surface area contributed by atoms with Crippen LogP contribution in [0, 0.1) is 0 Å². The molecular formula is C18H13ClF3N3O2. The van der Waals surface area contributed by atoms with Gasteiger partial charge in [0, 0.05) is 10.7 Å². The molecule has 3 rings (SSSR count). The van der Waals surface area contributed by atoms with Gasteiger partial charge < -0.3 is 10.1 Å². The molecule has 0 aliphatic carbocycles. The number of hydrogen-bond acceptors (Lipinski definition) is 3. The number of carbonyl (C=O) groups excluding carboxylic acids is 1. The molecule has 1 N–H and O–H groups in total. The number of carbonyl (C=O) groups is 1. The highest BCUT2D eigenvalue weighted by Gasteiger charge is 2.30. The fraction of sp³-hybridized carbons (Fsp3) is 0.111. The van der Waals surface area contributed by atoms with Gasteiger partial charge >= 0.3 is 6.18 Å². The van der Waals surface area contributed by atoms with Gasteiger partial charge in [-0.25, -0.2) is 4.68 Å². The molecule has 1 heterocycles. The van der Waals surface area contributed by atoms with E-state index in [9.17, 15) is 18.0 Å². The summed E-state index contributed by atoms with van der Waals surface area (Å²) in [5, 5.41) is 7.13. The average molecular weight is 396 g/mol. The topological polar surface area (TPSA) is 56.2 Å². The number of nitrogens with one attached hydrogen (secondary N) is 1. The van der Waals surface area contributed by atoms with Crippen LogP contribution in [0.5, 0.6) is 5.75 Å². The Hall–Kier alpha value is -3.00. The fourth-order valence-corrected chi connectivity index (χ4v) is 2.57. The molecule has 0 atom stereocenters. The molecule has 0 saturated heterocycles. The van der Waals surface area contributed by atoms with E-state index in [2.05, 4.69) is 10.4 Å². The Bertz CT molecular complexity index is 986. The number of alkyl halides is 3. The van der Waals surface area contributed by atoms with Crippen molar-refractivity contribution in [2.24, 2.45) is 0 Å². The average Bonchev–Trinajstić information content (AvgIpc) is 3.06. The molecule has 0 unspecified atom stereocenters. The van der Waals surface area contributed by atoms with Crippen LogP contribution in [-0.2, 0) is 6.18 Å². The maximum Gasteiger partial charge on any atom is 0.416 e. The molecule has 140 valence electrons. The normalized spacial score (nSPS) is 11.3. The predicted molar refractivity (Wildman–Crippen MR) is 94.5 cm³/mol. The molecule has 1 aromatic heterocycles. The lowest BCUT2D eigenvalue weighted by atomic mass is 10.2. The van der Waals surface area contributed by atoms with Gasteiger partial charge in [-0.2, -0.15) is 18.3 Å². The molecule has 3 aromatic rings. The van der Waals surface area contributed by atoms with Crippen LogP contribution >= 0.6 is 11.6 Å². The van der Waals surface area contributed by atoms with Crippen LogP contribution in [0.15, 0.2) is 54.7 Å². The van der Waals surface area contributed by atoms with Gasteiger partial charge in [0.1, 0.15) is 0 Å². The number of nitrogens with zero attached hydrogens (tertiary/aromatic N) is 2. The van der Waals surface area contributed by atoms with Crippen LogP contribution in [-0.4, -0.2) is 22.8 Å². The Morgan fingerprint density at radius 1 is 1.19 bits per heavy atom. The number of ether oxygens (including phenoxy) is 1. The molecule has 27 heavy (non-hydrogen) atoms. The zero-order chi connectivity index (χ0) is 19.6. The van der Waals surface area contributed by atoms with E-state index >= 15 is 0 Å². The second kappa shape index (κ2) is 7.32. The Balaban J connectivity index is 1.93. The largest absolute Gasteiger partial charge is 0.493 e. The van der Waals surface area contributed by atoms with E-state index in [1.54, 1.807) is 24.3 Å². The van der Waals surface area contributed by atoms with E-state index in [4.69, 9.17) is 16.3 Å². The fourth-order valence-electron chi connectivity index (χ4n) is 2.38. The van der Waals surface area contributed by atoms with Crippen molar-refractivity contribution in [3.05, 3.63) is 71.0 Å². The number of benzene rings is 2. The van der Waals surface area contributed by atoms with Crippen LogP contribution in [0.1, 0.15) is 16.1 Å². The first-order valence-corrected chi connectivity index (χ1v) is 8.04. The van der Waals surface area contributed by atoms with Crippen molar-refractivity contribution >= 4 is 23.2 Å². The zero-order valence-electron chi connectivity index (χ0n) is 13.9. The number of aromatic nitrogens is 2. The molecule has 1 amide bonds. The third-order valence-corrected chi connectivity index (χ3v) is 3.87. The number of anilines is 1. The molecule has 2 aromatic carbocycles. The zero-order valence-corrected chi connectivity index (χ0v) is 14.7.